The predicted molar refractivity (Wildman–Crippen MR) is 109 cm³/mol. The van der Waals surface area contributed by atoms with Gasteiger partial charge in [0.1, 0.15) is 5.75 Å². The molecule has 3 aromatic carbocycles. The van der Waals surface area contributed by atoms with E-state index in [-0.39, 0.29) is 0 Å². The molecule has 0 unspecified atom stereocenters. The number of tetrazole rings is 1. The Morgan fingerprint density at radius 2 is 1.59 bits per heavy atom. The highest BCUT2D eigenvalue weighted by Gasteiger charge is 2.10. The minimum absolute atomic E-state index is 0.299. The number of hydrogen-bond acceptors (Lipinski definition) is 6. The number of nitrogens with one attached hydrogen (secondary N) is 1. The molecule has 7 heteroatoms. The Morgan fingerprint density at radius 3 is 2.31 bits per heavy atom. The van der Waals surface area contributed by atoms with Crippen molar-refractivity contribution in [3.8, 4) is 17.4 Å². The topological polar surface area (TPSA) is 85.1 Å². The van der Waals surface area contributed by atoms with Crippen molar-refractivity contribution < 1.29 is 9.84 Å². The average Bonchev–Trinajstić information content (AvgIpc) is 3.24. The first-order chi connectivity index (χ1) is 14.3. The lowest BCUT2D eigenvalue weighted by atomic mass is 10.1. The minimum Gasteiger partial charge on any atom is -0.423 e. The largest absolute Gasteiger partial charge is 0.423 e. The minimum atomic E-state index is -0.532. The van der Waals surface area contributed by atoms with Crippen molar-refractivity contribution >= 4 is 0 Å². The fourth-order valence-corrected chi connectivity index (χ4v) is 2.90. The van der Waals surface area contributed by atoms with Gasteiger partial charge in [0.25, 0.3) is 0 Å². The molecule has 0 aliphatic carbocycles. The Bertz CT molecular complexity index is 1020. The number of rotatable bonds is 8. The lowest BCUT2D eigenvalue weighted by molar-refractivity contribution is 0.174. The maximum Gasteiger partial charge on any atom is 0.345 e. The van der Waals surface area contributed by atoms with E-state index in [0.717, 1.165) is 16.8 Å². The zero-order chi connectivity index (χ0) is 19.9. The quantitative estimate of drug-likeness (QED) is 0.483. The summed E-state index contributed by atoms with van der Waals surface area (Å²) in [5, 5.41) is 25.1. The summed E-state index contributed by atoms with van der Waals surface area (Å²) in [6.45, 7) is 1.13. The number of aromatic nitrogens is 4. The van der Waals surface area contributed by atoms with Crippen LogP contribution in [0, 0.1) is 0 Å². The van der Waals surface area contributed by atoms with Gasteiger partial charge in [-0.2, -0.15) is 4.68 Å². The Balaban J connectivity index is 1.33. The van der Waals surface area contributed by atoms with Crippen molar-refractivity contribution in [2.75, 3.05) is 6.54 Å². The first kappa shape index (κ1) is 18.8. The van der Waals surface area contributed by atoms with Crippen LogP contribution in [0.3, 0.4) is 0 Å². The van der Waals surface area contributed by atoms with Crippen LogP contribution >= 0.6 is 0 Å². The van der Waals surface area contributed by atoms with Gasteiger partial charge in [-0.3, -0.25) is 0 Å². The molecule has 29 heavy (non-hydrogen) atoms. The van der Waals surface area contributed by atoms with E-state index in [1.54, 1.807) is 4.68 Å². The van der Waals surface area contributed by atoms with Crippen molar-refractivity contribution in [2.24, 2.45) is 0 Å². The maximum atomic E-state index is 10.2. The van der Waals surface area contributed by atoms with Crippen LogP contribution in [0.15, 0.2) is 84.9 Å². The summed E-state index contributed by atoms with van der Waals surface area (Å²) in [4.78, 5) is 0. The van der Waals surface area contributed by atoms with Gasteiger partial charge in [0.15, 0.2) is 0 Å². The van der Waals surface area contributed by atoms with Crippen LogP contribution in [0.25, 0.3) is 5.69 Å². The third-order valence-corrected chi connectivity index (χ3v) is 4.43. The Hall–Kier alpha value is -3.55. The summed E-state index contributed by atoms with van der Waals surface area (Å²) < 4.78 is 7.37. The van der Waals surface area contributed by atoms with Crippen LogP contribution in [-0.2, 0) is 6.54 Å². The van der Waals surface area contributed by atoms with E-state index in [1.165, 1.54) is 0 Å². The highest BCUT2D eigenvalue weighted by atomic mass is 16.5. The van der Waals surface area contributed by atoms with Gasteiger partial charge in [-0.15, -0.1) is 0 Å². The fourth-order valence-electron chi connectivity index (χ4n) is 2.90. The third-order valence-electron chi connectivity index (χ3n) is 4.43. The van der Waals surface area contributed by atoms with Crippen molar-refractivity contribution in [3.05, 3.63) is 96.1 Å². The van der Waals surface area contributed by atoms with Gasteiger partial charge in [0.2, 0.25) is 0 Å². The van der Waals surface area contributed by atoms with E-state index in [9.17, 15) is 5.11 Å². The molecule has 2 N–H and O–H groups in total. The summed E-state index contributed by atoms with van der Waals surface area (Å²) in [6.07, 6.45) is -0.532. The molecule has 0 aliphatic rings. The van der Waals surface area contributed by atoms with E-state index in [1.807, 2.05) is 84.9 Å². The Morgan fingerprint density at radius 1 is 0.897 bits per heavy atom. The van der Waals surface area contributed by atoms with Crippen LogP contribution in [0.2, 0.25) is 0 Å². The van der Waals surface area contributed by atoms with Gasteiger partial charge >= 0.3 is 6.01 Å². The molecule has 1 heterocycles. The van der Waals surface area contributed by atoms with Crippen molar-refractivity contribution in [2.45, 2.75) is 12.6 Å². The van der Waals surface area contributed by atoms with E-state index in [4.69, 9.17) is 4.74 Å². The lowest BCUT2D eigenvalue weighted by Crippen LogP contribution is -2.20. The molecule has 0 fully saturated rings. The molecule has 0 amide bonds. The molecule has 1 atom stereocenters. The second-order valence-electron chi connectivity index (χ2n) is 6.51. The fraction of sp³-hybridized carbons (Fsp3) is 0.136. The van der Waals surface area contributed by atoms with E-state index < -0.39 is 6.10 Å². The molecule has 0 aliphatic heterocycles. The van der Waals surface area contributed by atoms with E-state index >= 15 is 0 Å². The van der Waals surface area contributed by atoms with Crippen LogP contribution in [0.4, 0.5) is 0 Å². The number of aliphatic hydroxyl groups excluding tert-OH is 1. The molecule has 4 aromatic rings. The second-order valence-corrected chi connectivity index (χ2v) is 6.51. The van der Waals surface area contributed by atoms with Gasteiger partial charge in [-0.1, -0.05) is 65.8 Å². The molecular weight excluding hydrogens is 366 g/mol. The number of hydrogen-bond donors (Lipinski definition) is 2. The first-order valence-corrected chi connectivity index (χ1v) is 9.34. The maximum absolute atomic E-state index is 10.2. The SMILES string of the molecule is O[C@H](CNCc1ccc(Oc2nnnn2-c2ccccc2)cc1)c1ccccc1. The van der Waals surface area contributed by atoms with Gasteiger partial charge in [0, 0.05) is 13.1 Å². The molecule has 146 valence electrons. The summed E-state index contributed by atoms with van der Waals surface area (Å²) in [7, 11) is 0. The number of nitrogens with zero attached hydrogens (tertiary/aromatic N) is 4. The number of benzene rings is 3. The van der Waals surface area contributed by atoms with E-state index in [0.29, 0.717) is 24.8 Å². The lowest BCUT2D eigenvalue weighted by Gasteiger charge is -2.12. The third kappa shape index (κ3) is 4.84. The van der Waals surface area contributed by atoms with Gasteiger partial charge in [-0.05, 0) is 45.8 Å². The molecule has 0 saturated heterocycles. The van der Waals surface area contributed by atoms with Crippen LogP contribution in [-0.4, -0.2) is 31.9 Å². The smallest absolute Gasteiger partial charge is 0.345 e. The van der Waals surface area contributed by atoms with Gasteiger partial charge in [0.05, 0.1) is 11.8 Å². The first-order valence-electron chi connectivity index (χ1n) is 9.34. The number of ether oxygens (including phenoxy) is 1. The van der Waals surface area contributed by atoms with E-state index in [2.05, 4.69) is 20.8 Å². The Labute approximate surface area is 168 Å². The average molecular weight is 387 g/mol. The number of aliphatic hydroxyl groups is 1. The van der Waals surface area contributed by atoms with Crippen LogP contribution in [0.5, 0.6) is 11.8 Å². The predicted octanol–water partition coefficient (Wildman–Crippen LogP) is 3.28. The molecule has 0 saturated carbocycles. The van der Waals surface area contributed by atoms with Crippen molar-refractivity contribution in [1.82, 2.24) is 25.5 Å². The molecule has 0 bridgehead atoms. The normalized spacial score (nSPS) is 11.9. The zero-order valence-electron chi connectivity index (χ0n) is 15.7. The standard InChI is InChI=1S/C22H21N5O2/c28-21(18-7-3-1-4-8-18)16-23-15-17-11-13-20(14-12-17)29-22-24-25-26-27(22)19-9-5-2-6-10-19/h1-14,21,23,28H,15-16H2/t21-/m1/s1. The van der Waals surface area contributed by atoms with Crippen molar-refractivity contribution in [1.29, 1.82) is 0 Å². The molecule has 1 aromatic heterocycles. The van der Waals surface area contributed by atoms with Crippen LogP contribution in [0.1, 0.15) is 17.2 Å². The van der Waals surface area contributed by atoms with Crippen molar-refractivity contribution in [3.63, 3.8) is 0 Å². The summed E-state index contributed by atoms with van der Waals surface area (Å²) in [6, 6.07) is 27.2. The van der Waals surface area contributed by atoms with Gasteiger partial charge in [-0.25, -0.2) is 0 Å². The summed E-state index contributed by atoms with van der Waals surface area (Å²) in [5.41, 5.74) is 2.81. The summed E-state index contributed by atoms with van der Waals surface area (Å²) in [5.74, 6) is 0.644. The summed E-state index contributed by atoms with van der Waals surface area (Å²) >= 11 is 0. The highest BCUT2D eigenvalue weighted by molar-refractivity contribution is 5.34. The second kappa shape index (κ2) is 9.09. The van der Waals surface area contributed by atoms with Gasteiger partial charge < -0.3 is 15.2 Å². The Kier molecular flexibility index (Phi) is 5.89. The van der Waals surface area contributed by atoms with Crippen LogP contribution < -0.4 is 10.1 Å². The zero-order valence-corrected chi connectivity index (χ0v) is 15.7. The molecule has 4 rings (SSSR count). The molecular formula is C22H21N5O2. The number of para-hydroxylation sites is 1. The monoisotopic (exact) mass is 387 g/mol. The highest BCUT2D eigenvalue weighted by Crippen LogP contribution is 2.21. The molecule has 0 spiro atoms. The molecule has 7 nitrogen and oxygen atoms in total. The molecule has 0 radical (unpaired) electrons.